The zero-order valence-corrected chi connectivity index (χ0v) is 18.3. The average Bonchev–Trinajstić information content (AvgIpc) is 2.80. The van der Waals surface area contributed by atoms with Gasteiger partial charge in [0.1, 0.15) is 0 Å². The van der Waals surface area contributed by atoms with Gasteiger partial charge >= 0.3 is 0 Å². The number of anilines is 1. The number of Topliss-reactive ketones (excluding diaryl/α,β-unsaturated/α-hetero) is 1. The lowest BCUT2D eigenvalue weighted by atomic mass is 9.92. The molecule has 0 saturated carbocycles. The van der Waals surface area contributed by atoms with Crippen LogP contribution in [-0.2, 0) is 11.2 Å². The van der Waals surface area contributed by atoms with E-state index in [1.54, 1.807) is 62.8 Å². The Hall–Kier alpha value is -3.88. The molecule has 0 fully saturated rings. The van der Waals surface area contributed by atoms with Gasteiger partial charge in [0, 0.05) is 41.9 Å². The molecule has 0 bridgehead atoms. The van der Waals surface area contributed by atoms with Crippen molar-refractivity contribution in [2.24, 2.45) is 0 Å². The SMILES string of the molecule is COc1cc(CC#Cc2ccc3c(c2)C(=O)/C(=C/c2cccc(Cl)c2)C(=O)N3C)ccn1. The van der Waals surface area contributed by atoms with Crippen molar-refractivity contribution in [3.05, 3.63) is 93.6 Å². The maximum Gasteiger partial charge on any atom is 0.262 e. The molecule has 0 N–H and O–H groups in total. The smallest absolute Gasteiger partial charge is 0.262 e. The molecule has 5 nitrogen and oxygen atoms in total. The minimum Gasteiger partial charge on any atom is -0.481 e. The van der Waals surface area contributed by atoms with Crippen LogP contribution >= 0.6 is 11.6 Å². The number of rotatable bonds is 3. The van der Waals surface area contributed by atoms with Crippen LogP contribution in [0.3, 0.4) is 0 Å². The van der Waals surface area contributed by atoms with E-state index in [4.69, 9.17) is 16.3 Å². The van der Waals surface area contributed by atoms with Gasteiger partial charge in [-0.05, 0) is 53.6 Å². The van der Waals surface area contributed by atoms with Gasteiger partial charge in [-0.25, -0.2) is 4.98 Å². The molecule has 0 spiro atoms. The largest absolute Gasteiger partial charge is 0.481 e. The number of aromatic nitrogens is 1. The predicted molar refractivity (Wildman–Crippen MR) is 125 cm³/mol. The number of amides is 1. The van der Waals surface area contributed by atoms with Crippen LogP contribution < -0.4 is 9.64 Å². The Morgan fingerprint density at radius 3 is 2.75 bits per heavy atom. The van der Waals surface area contributed by atoms with E-state index < -0.39 is 0 Å². The second-order valence-corrected chi connectivity index (χ2v) is 7.66. The molecule has 158 valence electrons. The summed E-state index contributed by atoms with van der Waals surface area (Å²) in [7, 11) is 3.22. The summed E-state index contributed by atoms with van der Waals surface area (Å²) in [5.41, 5.74) is 3.47. The van der Waals surface area contributed by atoms with Crippen LogP contribution in [0.15, 0.2) is 66.4 Å². The highest BCUT2D eigenvalue weighted by molar-refractivity contribution is 6.36. The topological polar surface area (TPSA) is 59.5 Å². The van der Waals surface area contributed by atoms with Gasteiger partial charge in [0.15, 0.2) is 0 Å². The van der Waals surface area contributed by atoms with E-state index in [0.717, 1.165) is 5.56 Å². The van der Waals surface area contributed by atoms with Crippen LogP contribution in [0.25, 0.3) is 6.08 Å². The number of ketones is 1. The lowest BCUT2D eigenvalue weighted by molar-refractivity contribution is -0.114. The molecular weight excluding hydrogens is 424 g/mol. The van der Waals surface area contributed by atoms with Gasteiger partial charge < -0.3 is 9.64 Å². The number of carbonyl (C=O) groups is 2. The van der Waals surface area contributed by atoms with Crippen molar-refractivity contribution in [1.82, 2.24) is 4.98 Å². The summed E-state index contributed by atoms with van der Waals surface area (Å²) in [6, 6.07) is 16.0. The molecule has 2 heterocycles. The maximum absolute atomic E-state index is 13.2. The van der Waals surface area contributed by atoms with Crippen molar-refractivity contribution in [2.75, 3.05) is 19.1 Å². The summed E-state index contributed by atoms with van der Waals surface area (Å²) in [6.45, 7) is 0. The Morgan fingerprint density at radius 2 is 1.97 bits per heavy atom. The van der Waals surface area contributed by atoms with Gasteiger partial charge in [-0.3, -0.25) is 9.59 Å². The third kappa shape index (κ3) is 4.41. The highest BCUT2D eigenvalue weighted by Gasteiger charge is 2.32. The molecule has 0 atom stereocenters. The number of benzene rings is 2. The van der Waals surface area contributed by atoms with Crippen molar-refractivity contribution in [3.63, 3.8) is 0 Å². The molecular formula is C26H19ClN2O3. The van der Waals surface area contributed by atoms with Crippen LogP contribution in [0.1, 0.15) is 27.0 Å². The van der Waals surface area contributed by atoms with E-state index in [0.29, 0.717) is 39.7 Å². The first-order valence-corrected chi connectivity index (χ1v) is 10.3. The second kappa shape index (κ2) is 9.09. The molecule has 6 heteroatoms. The molecule has 1 aromatic heterocycles. The summed E-state index contributed by atoms with van der Waals surface area (Å²) in [6.07, 6.45) is 3.77. The number of carbonyl (C=O) groups excluding carboxylic acids is 2. The van der Waals surface area contributed by atoms with Crippen LogP contribution in [0, 0.1) is 11.8 Å². The quantitative estimate of drug-likeness (QED) is 0.338. The van der Waals surface area contributed by atoms with E-state index in [-0.39, 0.29) is 17.3 Å². The minimum atomic E-state index is -0.354. The first-order valence-electron chi connectivity index (χ1n) is 9.88. The molecule has 32 heavy (non-hydrogen) atoms. The van der Waals surface area contributed by atoms with Gasteiger partial charge in [0.25, 0.3) is 5.91 Å². The molecule has 1 amide bonds. The Labute approximate surface area is 191 Å². The minimum absolute atomic E-state index is 0.0938. The summed E-state index contributed by atoms with van der Waals surface area (Å²) in [5.74, 6) is 6.06. The molecule has 4 rings (SSSR count). The van der Waals surface area contributed by atoms with Gasteiger partial charge in [-0.15, -0.1) is 0 Å². The monoisotopic (exact) mass is 442 g/mol. The number of fused-ring (bicyclic) bond motifs is 1. The number of likely N-dealkylation sites (N-methyl/N-ethyl adjacent to an activating group) is 1. The maximum atomic E-state index is 13.2. The Balaban J connectivity index is 1.64. The number of hydrogen-bond donors (Lipinski definition) is 0. The van der Waals surface area contributed by atoms with E-state index in [1.165, 1.54) is 4.90 Å². The number of nitrogens with zero attached hydrogens (tertiary/aromatic N) is 2. The van der Waals surface area contributed by atoms with E-state index in [1.807, 2.05) is 18.2 Å². The number of ether oxygens (including phenoxy) is 1. The Morgan fingerprint density at radius 1 is 1.12 bits per heavy atom. The molecule has 0 aliphatic carbocycles. The molecule has 1 aliphatic heterocycles. The van der Waals surface area contributed by atoms with Crippen molar-refractivity contribution in [2.45, 2.75) is 6.42 Å². The van der Waals surface area contributed by atoms with Crippen molar-refractivity contribution >= 4 is 35.1 Å². The van der Waals surface area contributed by atoms with E-state index in [2.05, 4.69) is 16.8 Å². The van der Waals surface area contributed by atoms with Crippen LogP contribution in [0.2, 0.25) is 5.02 Å². The van der Waals surface area contributed by atoms with Crippen LogP contribution in [0.5, 0.6) is 5.88 Å². The Bertz CT molecular complexity index is 1320. The Kier molecular flexibility index (Phi) is 6.07. The summed E-state index contributed by atoms with van der Waals surface area (Å²) in [4.78, 5) is 31.5. The van der Waals surface area contributed by atoms with Gasteiger partial charge in [0.2, 0.25) is 11.7 Å². The van der Waals surface area contributed by atoms with Crippen molar-refractivity contribution in [1.29, 1.82) is 0 Å². The third-order valence-corrected chi connectivity index (χ3v) is 5.31. The van der Waals surface area contributed by atoms with Crippen molar-refractivity contribution in [3.8, 4) is 17.7 Å². The zero-order valence-electron chi connectivity index (χ0n) is 17.6. The van der Waals surface area contributed by atoms with Crippen LogP contribution in [0.4, 0.5) is 5.69 Å². The first kappa shape index (κ1) is 21.4. The first-order chi connectivity index (χ1) is 15.5. The molecule has 0 radical (unpaired) electrons. The number of halogens is 1. The average molecular weight is 443 g/mol. The molecule has 2 aromatic carbocycles. The molecule has 3 aromatic rings. The lowest BCUT2D eigenvalue weighted by Gasteiger charge is -2.26. The van der Waals surface area contributed by atoms with Crippen molar-refractivity contribution < 1.29 is 14.3 Å². The lowest BCUT2D eigenvalue weighted by Crippen LogP contribution is -2.36. The van der Waals surface area contributed by atoms with Gasteiger partial charge in [-0.2, -0.15) is 0 Å². The predicted octanol–water partition coefficient (Wildman–Crippen LogP) is 4.58. The van der Waals surface area contributed by atoms with Gasteiger partial charge in [0.05, 0.1) is 18.4 Å². The highest BCUT2D eigenvalue weighted by atomic mass is 35.5. The van der Waals surface area contributed by atoms with Gasteiger partial charge in [-0.1, -0.05) is 35.6 Å². The van der Waals surface area contributed by atoms with E-state index >= 15 is 0 Å². The summed E-state index contributed by atoms with van der Waals surface area (Å²) >= 11 is 6.04. The fourth-order valence-electron chi connectivity index (χ4n) is 3.43. The fraction of sp³-hybridized carbons (Fsp3) is 0.115. The number of methoxy groups -OCH3 is 1. The second-order valence-electron chi connectivity index (χ2n) is 7.22. The third-order valence-electron chi connectivity index (χ3n) is 5.08. The summed E-state index contributed by atoms with van der Waals surface area (Å²) in [5, 5.41) is 0.535. The fourth-order valence-corrected chi connectivity index (χ4v) is 3.63. The highest BCUT2D eigenvalue weighted by Crippen LogP contribution is 2.31. The number of hydrogen-bond acceptors (Lipinski definition) is 4. The molecule has 0 unspecified atom stereocenters. The molecule has 0 saturated heterocycles. The standard InChI is InChI=1S/C26H19ClN2O3/c1-29-23-10-9-17(5-3-6-18-11-12-28-24(16-18)32-2)14-21(23)25(30)22(26(29)31)15-19-7-4-8-20(27)13-19/h4,7-16H,6H2,1-2H3/b22-15-. The zero-order chi connectivity index (χ0) is 22.7. The van der Waals surface area contributed by atoms with Crippen LogP contribution in [-0.4, -0.2) is 30.8 Å². The molecule has 1 aliphatic rings. The normalized spacial score (nSPS) is 14.1. The summed E-state index contributed by atoms with van der Waals surface area (Å²) < 4.78 is 5.13. The van der Waals surface area contributed by atoms with E-state index in [9.17, 15) is 9.59 Å². The number of pyridine rings is 1.